The normalized spacial score (nSPS) is 10.9. The maximum Gasteiger partial charge on any atom is 0.200 e. The number of hydrogen-bond acceptors (Lipinski definition) is 4. The summed E-state index contributed by atoms with van der Waals surface area (Å²) >= 11 is 0. The van der Waals surface area contributed by atoms with Crippen molar-refractivity contribution in [2.75, 3.05) is 14.2 Å². The van der Waals surface area contributed by atoms with Crippen LogP contribution in [0.4, 0.5) is 0 Å². The van der Waals surface area contributed by atoms with Gasteiger partial charge >= 0.3 is 0 Å². The zero-order valence-corrected chi connectivity index (χ0v) is 11.5. The first kappa shape index (κ1) is 12.5. The quantitative estimate of drug-likeness (QED) is 0.670. The third kappa shape index (κ3) is 1.72. The molecule has 4 heteroatoms. The lowest BCUT2D eigenvalue weighted by atomic mass is 10.1. The summed E-state index contributed by atoms with van der Waals surface area (Å²) in [6.45, 7) is 1.91. The summed E-state index contributed by atoms with van der Waals surface area (Å²) in [5, 5.41) is 1.06. The summed E-state index contributed by atoms with van der Waals surface area (Å²) in [5.41, 5.74) is 1.97. The van der Waals surface area contributed by atoms with Gasteiger partial charge in [-0.15, -0.1) is 0 Å². The van der Waals surface area contributed by atoms with Crippen LogP contribution in [0.2, 0.25) is 0 Å². The number of hydrogen-bond donors (Lipinski definition) is 0. The summed E-state index contributed by atoms with van der Waals surface area (Å²) in [6, 6.07) is 8.87. The molecule has 3 rings (SSSR count). The first-order valence-corrected chi connectivity index (χ1v) is 6.24. The summed E-state index contributed by atoms with van der Waals surface area (Å²) in [6.07, 6.45) is 0. The van der Waals surface area contributed by atoms with E-state index in [0.717, 1.165) is 5.56 Å². The molecule has 1 heterocycles. The monoisotopic (exact) mass is 270 g/mol. The second-order valence-corrected chi connectivity index (χ2v) is 4.59. The van der Waals surface area contributed by atoms with Gasteiger partial charge in [0.25, 0.3) is 0 Å². The van der Waals surface area contributed by atoms with Crippen molar-refractivity contribution >= 4 is 21.9 Å². The van der Waals surface area contributed by atoms with Crippen LogP contribution >= 0.6 is 0 Å². The van der Waals surface area contributed by atoms with E-state index in [9.17, 15) is 4.79 Å². The Balaban J connectivity index is 2.50. The van der Waals surface area contributed by atoms with Gasteiger partial charge in [0.1, 0.15) is 11.2 Å². The SMILES string of the molecule is COc1cc2oc3c(C)cccc3c(=O)c2cc1OC. The van der Waals surface area contributed by atoms with E-state index in [2.05, 4.69) is 0 Å². The maximum atomic E-state index is 12.6. The van der Waals surface area contributed by atoms with E-state index in [1.807, 2.05) is 19.1 Å². The lowest BCUT2D eigenvalue weighted by molar-refractivity contribution is 0.355. The van der Waals surface area contributed by atoms with Crippen LogP contribution in [0.1, 0.15) is 5.56 Å². The standard InChI is InChI=1S/C16H14O4/c1-9-5-4-6-10-15(17)11-7-13(18-2)14(19-3)8-12(11)20-16(9)10/h4-8H,1-3H3. The molecule has 0 amide bonds. The maximum absolute atomic E-state index is 12.6. The molecule has 0 unspecified atom stereocenters. The lowest BCUT2D eigenvalue weighted by Crippen LogP contribution is -2.03. The van der Waals surface area contributed by atoms with E-state index in [-0.39, 0.29) is 5.43 Å². The van der Waals surface area contributed by atoms with Crippen LogP contribution in [0.15, 0.2) is 39.5 Å². The Bertz CT molecular complexity index is 862. The molecule has 0 aliphatic heterocycles. The molecule has 1 aromatic heterocycles. The molecule has 0 atom stereocenters. The van der Waals surface area contributed by atoms with E-state index in [1.54, 1.807) is 25.3 Å². The molecular weight excluding hydrogens is 256 g/mol. The molecule has 0 saturated heterocycles. The number of ether oxygens (including phenoxy) is 2. The van der Waals surface area contributed by atoms with Crippen molar-refractivity contribution in [2.45, 2.75) is 6.92 Å². The van der Waals surface area contributed by atoms with Crippen molar-refractivity contribution in [2.24, 2.45) is 0 Å². The van der Waals surface area contributed by atoms with E-state index in [0.29, 0.717) is 33.4 Å². The van der Waals surface area contributed by atoms with Crippen LogP contribution in [0.3, 0.4) is 0 Å². The molecule has 0 saturated carbocycles. The fraction of sp³-hybridized carbons (Fsp3) is 0.188. The molecule has 102 valence electrons. The predicted molar refractivity (Wildman–Crippen MR) is 77.8 cm³/mol. The average molecular weight is 270 g/mol. The Kier molecular flexibility index (Phi) is 2.86. The van der Waals surface area contributed by atoms with Gasteiger partial charge in [0, 0.05) is 6.07 Å². The number of aryl methyl sites for hydroxylation is 1. The summed E-state index contributed by atoms with van der Waals surface area (Å²) in [7, 11) is 3.09. The van der Waals surface area contributed by atoms with Gasteiger partial charge in [0.05, 0.1) is 25.0 Å². The van der Waals surface area contributed by atoms with Crippen LogP contribution in [0, 0.1) is 6.92 Å². The second kappa shape index (κ2) is 4.56. The highest BCUT2D eigenvalue weighted by atomic mass is 16.5. The summed E-state index contributed by atoms with van der Waals surface area (Å²) in [4.78, 5) is 12.6. The second-order valence-electron chi connectivity index (χ2n) is 4.59. The molecular formula is C16H14O4. The molecule has 0 radical (unpaired) electrons. The Hall–Kier alpha value is -2.49. The zero-order chi connectivity index (χ0) is 14.3. The predicted octanol–water partition coefficient (Wildman–Crippen LogP) is 3.27. The minimum atomic E-state index is -0.0640. The summed E-state index contributed by atoms with van der Waals surface area (Å²) < 4.78 is 16.3. The third-order valence-corrected chi connectivity index (χ3v) is 3.40. The van der Waals surface area contributed by atoms with Gasteiger partial charge < -0.3 is 13.9 Å². The average Bonchev–Trinajstić information content (AvgIpc) is 2.47. The van der Waals surface area contributed by atoms with Gasteiger partial charge in [0.2, 0.25) is 5.43 Å². The fourth-order valence-corrected chi connectivity index (χ4v) is 2.34. The molecule has 0 fully saturated rings. The van der Waals surface area contributed by atoms with Crippen molar-refractivity contribution in [3.05, 3.63) is 46.1 Å². The van der Waals surface area contributed by atoms with Crippen molar-refractivity contribution in [1.82, 2.24) is 0 Å². The fourth-order valence-electron chi connectivity index (χ4n) is 2.34. The van der Waals surface area contributed by atoms with Crippen LogP contribution in [-0.4, -0.2) is 14.2 Å². The van der Waals surface area contributed by atoms with Gasteiger partial charge in [-0.25, -0.2) is 0 Å². The molecule has 0 N–H and O–H groups in total. The van der Waals surface area contributed by atoms with Crippen molar-refractivity contribution < 1.29 is 13.9 Å². The lowest BCUT2D eigenvalue weighted by Gasteiger charge is -2.09. The van der Waals surface area contributed by atoms with Gasteiger partial charge in [-0.1, -0.05) is 12.1 Å². The van der Waals surface area contributed by atoms with E-state index < -0.39 is 0 Å². The van der Waals surface area contributed by atoms with Crippen LogP contribution in [0.5, 0.6) is 11.5 Å². The Morgan fingerprint density at radius 3 is 2.40 bits per heavy atom. The van der Waals surface area contributed by atoms with Gasteiger partial charge in [-0.05, 0) is 24.6 Å². The summed E-state index contributed by atoms with van der Waals surface area (Å²) in [5.74, 6) is 1.05. The number of para-hydroxylation sites is 1. The van der Waals surface area contributed by atoms with Gasteiger partial charge in [-0.3, -0.25) is 4.79 Å². The number of rotatable bonds is 2. The van der Waals surface area contributed by atoms with Crippen LogP contribution < -0.4 is 14.9 Å². The molecule has 0 aliphatic rings. The molecule has 3 aromatic rings. The molecule has 4 nitrogen and oxygen atoms in total. The smallest absolute Gasteiger partial charge is 0.200 e. The highest BCUT2D eigenvalue weighted by Gasteiger charge is 2.13. The Morgan fingerprint density at radius 1 is 1.00 bits per heavy atom. The first-order chi connectivity index (χ1) is 9.65. The zero-order valence-electron chi connectivity index (χ0n) is 11.5. The molecule has 20 heavy (non-hydrogen) atoms. The molecule has 0 spiro atoms. The van der Waals surface area contributed by atoms with Crippen molar-refractivity contribution in [3.8, 4) is 11.5 Å². The molecule has 2 aromatic carbocycles. The third-order valence-electron chi connectivity index (χ3n) is 3.40. The van der Waals surface area contributed by atoms with E-state index >= 15 is 0 Å². The topological polar surface area (TPSA) is 48.7 Å². The minimum absolute atomic E-state index is 0.0640. The number of benzene rings is 2. The largest absolute Gasteiger partial charge is 0.493 e. The van der Waals surface area contributed by atoms with Gasteiger partial charge in [0.15, 0.2) is 11.5 Å². The van der Waals surface area contributed by atoms with Crippen molar-refractivity contribution in [3.63, 3.8) is 0 Å². The van der Waals surface area contributed by atoms with E-state index in [1.165, 1.54) is 7.11 Å². The minimum Gasteiger partial charge on any atom is -0.493 e. The van der Waals surface area contributed by atoms with Crippen LogP contribution in [0.25, 0.3) is 21.9 Å². The molecule has 0 aliphatic carbocycles. The molecule has 0 bridgehead atoms. The first-order valence-electron chi connectivity index (χ1n) is 6.24. The van der Waals surface area contributed by atoms with Crippen LogP contribution in [-0.2, 0) is 0 Å². The number of fused-ring (bicyclic) bond motifs is 2. The Morgan fingerprint density at radius 2 is 1.70 bits per heavy atom. The van der Waals surface area contributed by atoms with E-state index in [4.69, 9.17) is 13.9 Å². The highest BCUT2D eigenvalue weighted by molar-refractivity contribution is 5.92. The van der Waals surface area contributed by atoms with Gasteiger partial charge in [-0.2, -0.15) is 0 Å². The Labute approximate surface area is 115 Å². The highest BCUT2D eigenvalue weighted by Crippen LogP contribution is 2.32. The number of methoxy groups -OCH3 is 2. The van der Waals surface area contributed by atoms with Crippen molar-refractivity contribution in [1.29, 1.82) is 0 Å².